The summed E-state index contributed by atoms with van der Waals surface area (Å²) in [7, 11) is 0. The van der Waals surface area contributed by atoms with Crippen LogP contribution in [0, 0.1) is 13.8 Å². The van der Waals surface area contributed by atoms with Crippen molar-refractivity contribution in [3.8, 4) is 0 Å². The van der Waals surface area contributed by atoms with Crippen molar-refractivity contribution in [1.82, 2.24) is 14.9 Å². The highest BCUT2D eigenvalue weighted by Gasteiger charge is 2.29. The largest absolute Gasteiger partial charge is 0.337 e. The first-order valence-electron chi connectivity index (χ1n) is 7.28. The molecule has 0 unspecified atom stereocenters. The fourth-order valence-electron chi connectivity index (χ4n) is 2.91. The number of carbonyl (C=O) groups excluding carboxylic acids is 1. The molecule has 4 heteroatoms. The number of benzene rings is 1. The Morgan fingerprint density at radius 2 is 2.00 bits per heavy atom. The van der Waals surface area contributed by atoms with Gasteiger partial charge in [0.2, 0.25) is 0 Å². The first kappa shape index (κ1) is 13.7. The average molecular weight is 281 g/mol. The zero-order valence-corrected chi connectivity index (χ0v) is 12.4. The van der Waals surface area contributed by atoms with Crippen molar-refractivity contribution in [3.05, 3.63) is 59.2 Å². The number of rotatable bonds is 2. The minimum atomic E-state index is -0.0152. The molecule has 1 aromatic heterocycles. The van der Waals surface area contributed by atoms with E-state index >= 15 is 0 Å². The van der Waals surface area contributed by atoms with Gasteiger partial charge in [0, 0.05) is 25.2 Å². The van der Waals surface area contributed by atoms with E-state index in [1.165, 1.54) is 11.1 Å². The van der Waals surface area contributed by atoms with Gasteiger partial charge in [-0.3, -0.25) is 9.78 Å². The minimum absolute atomic E-state index is 0.0152. The number of aryl methyl sites for hydroxylation is 2. The molecule has 21 heavy (non-hydrogen) atoms. The normalized spacial score (nSPS) is 18.0. The first-order chi connectivity index (χ1) is 10.1. The molecule has 0 saturated carbocycles. The molecule has 2 aromatic rings. The summed E-state index contributed by atoms with van der Waals surface area (Å²) < 4.78 is 0. The van der Waals surface area contributed by atoms with Crippen LogP contribution in [0.4, 0.5) is 0 Å². The second-order valence-electron chi connectivity index (χ2n) is 5.64. The lowest BCUT2D eigenvalue weighted by molar-refractivity contribution is 0.0784. The molecule has 108 valence electrons. The standard InChI is InChI=1S/C17H19N3O/c1-12-5-3-4-6-15(12)14-7-8-20(11-14)17(21)16-10-18-13(2)9-19-16/h3-6,9-10,14H,7-8,11H2,1-2H3/t14-/m1/s1. The third-order valence-corrected chi connectivity index (χ3v) is 4.10. The third kappa shape index (κ3) is 2.79. The highest BCUT2D eigenvalue weighted by Crippen LogP contribution is 2.29. The van der Waals surface area contributed by atoms with E-state index in [2.05, 4.69) is 41.2 Å². The molecule has 1 saturated heterocycles. The summed E-state index contributed by atoms with van der Waals surface area (Å²) in [4.78, 5) is 22.7. The molecule has 4 nitrogen and oxygen atoms in total. The quantitative estimate of drug-likeness (QED) is 0.850. The molecular formula is C17H19N3O. The molecular weight excluding hydrogens is 262 g/mol. The highest BCUT2D eigenvalue weighted by atomic mass is 16.2. The van der Waals surface area contributed by atoms with Crippen molar-refractivity contribution < 1.29 is 4.79 Å². The molecule has 1 aromatic carbocycles. The summed E-state index contributed by atoms with van der Waals surface area (Å²) >= 11 is 0. The van der Waals surface area contributed by atoms with E-state index in [1.807, 2.05) is 11.8 Å². The van der Waals surface area contributed by atoms with Gasteiger partial charge in [0.15, 0.2) is 0 Å². The second kappa shape index (κ2) is 5.64. The summed E-state index contributed by atoms with van der Waals surface area (Å²) in [5, 5.41) is 0. The van der Waals surface area contributed by atoms with Crippen LogP contribution in [-0.4, -0.2) is 33.9 Å². The van der Waals surface area contributed by atoms with E-state index in [1.54, 1.807) is 12.4 Å². The van der Waals surface area contributed by atoms with Gasteiger partial charge in [-0.15, -0.1) is 0 Å². The Morgan fingerprint density at radius 3 is 2.71 bits per heavy atom. The van der Waals surface area contributed by atoms with Gasteiger partial charge in [-0.2, -0.15) is 0 Å². The van der Waals surface area contributed by atoms with Gasteiger partial charge < -0.3 is 4.90 Å². The van der Waals surface area contributed by atoms with Gasteiger partial charge in [-0.1, -0.05) is 24.3 Å². The predicted molar refractivity (Wildman–Crippen MR) is 81.2 cm³/mol. The molecule has 0 N–H and O–H groups in total. The van der Waals surface area contributed by atoms with Gasteiger partial charge in [-0.05, 0) is 31.4 Å². The average Bonchev–Trinajstić information content (AvgIpc) is 2.97. The molecule has 1 atom stereocenters. The molecule has 0 radical (unpaired) electrons. The van der Waals surface area contributed by atoms with E-state index in [9.17, 15) is 4.79 Å². The Balaban J connectivity index is 1.74. The molecule has 3 rings (SSSR count). The Morgan fingerprint density at radius 1 is 1.19 bits per heavy atom. The monoisotopic (exact) mass is 281 g/mol. The molecule has 0 aliphatic carbocycles. The smallest absolute Gasteiger partial charge is 0.274 e. The Kier molecular flexibility index (Phi) is 3.69. The van der Waals surface area contributed by atoms with Crippen molar-refractivity contribution in [1.29, 1.82) is 0 Å². The van der Waals surface area contributed by atoms with Crippen molar-refractivity contribution in [3.63, 3.8) is 0 Å². The van der Waals surface area contributed by atoms with Crippen LogP contribution in [0.2, 0.25) is 0 Å². The van der Waals surface area contributed by atoms with Gasteiger partial charge >= 0.3 is 0 Å². The van der Waals surface area contributed by atoms with Crippen LogP contribution in [0.15, 0.2) is 36.7 Å². The third-order valence-electron chi connectivity index (χ3n) is 4.10. The summed E-state index contributed by atoms with van der Waals surface area (Å²) in [6.07, 6.45) is 4.22. The van der Waals surface area contributed by atoms with E-state index in [0.29, 0.717) is 11.6 Å². The number of amides is 1. The maximum Gasteiger partial charge on any atom is 0.274 e. The highest BCUT2D eigenvalue weighted by molar-refractivity contribution is 5.92. The van der Waals surface area contributed by atoms with Crippen LogP contribution in [0.1, 0.15) is 39.6 Å². The number of carbonyl (C=O) groups is 1. The van der Waals surface area contributed by atoms with Gasteiger partial charge in [0.1, 0.15) is 5.69 Å². The van der Waals surface area contributed by atoms with Crippen molar-refractivity contribution in [2.75, 3.05) is 13.1 Å². The zero-order chi connectivity index (χ0) is 14.8. The summed E-state index contributed by atoms with van der Waals surface area (Å²) in [5.41, 5.74) is 3.91. The van der Waals surface area contributed by atoms with E-state index in [4.69, 9.17) is 0 Å². The van der Waals surface area contributed by atoms with Crippen LogP contribution in [-0.2, 0) is 0 Å². The molecule has 1 aliphatic rings. The van der Waals surface area contributed by atoms with Crippen LogP contribution in [0.25, 0.3) is 0 Å². The van der Waals surface area contributed by atoms with E-state index in [-0.39, 0.29) is 5.91 Å². The van der Waals surface area contributed by atoms with Crippen molar-refractivity contribution in [2.45, 2.75) is 26.2 Å². The number of hydrogen-bond acceptors (Lipinski definition) is 3. The Labute approximate surface area is 124 Å². The van der Waals surface area contributed by atoms with Crippen LogP contribution >= 0.6 is 0 Å². The molecule has 1 fully saturated rings. The van der Waals surface area contributed by atoms with Gasteiger partial charge in [0.25, 0.3) is 5.91 Å². The first-order valence-corrected chi connectivity index (χ1v) is 7.28. The Hall–Kier alpha value is -2.23. The summed E-state index contributed by atoms with van der Waals surface area (Å²) in [6.45, 7) is 5.54. The SMILES string of the molecule is Cc1cnc(C(=O)N2CC[C@@H](c3ccccc3C)C2)cn1. The molecule has 1 aliphatic heterocycles. The molecule has 2 heterocycles. The summed E-state index contributed by atoms with van der Waals surface area (Å²) in [6, 6.07) is 8.42. The maximum absolute atomic E-state index is 12.4. The Bertz CT molecular complexity index is 651. The summed E-state index contributed by atoms with van der Waals surface area (Å²) in [5.74, 6) is 0.409. The molecule has 1 amide bonds. The van der Waals surface area contributed by atoms with Crippen LogP contribution in [0.5, 0.6) is 0 Å². The van der Waals surface area contributed by atoms with Crippen molar-refractivity contribution >= 4 is 5.91 Å². The topological polar surface area (TPSA) is 46.1 Å². The van der Waals surface area contributed by atoms with Crippen molar-refractivity contribution in [2.24, 2.45) is 0 Å². The van der Waals surface area contributed by atoms with Crippen LogP contribution in [0.3, 0.4) is 0 Å². The maximum atomic E-state index is 12.4. The lowest BCUT2D eigenvalue weighted by atomic mass is 9.94. The van der Waals surface area contributed by atoms with E-state index in [0.717, 1.165) is 25.2 Å². The molecule has 0 bridgehead atoms. The predicted octanol–water partition coefficient (Wildman–Crippen LogP) is 2.72. The van der Waals surface area contributed by atoms with Crippen LogP contribution < -0.4 is 0 Å². The minimum Gasteiger partial charge on any atom is -0.337 e. The number of likely N-dealkylation sites (tertiary alicyclic amines) is 1. The lowest BCUT2D eigenvalue weighted by Crippen LogP contribution is -2.29. The zero-order valence-electron chi connectivity index (χ0n) is 12.4. The fraction of sp³-hybridized carbons (Fsp3) is 0.353. The number of aromatic nitrogens is 2. The van der Waals surface area contributed by atoms with Gasteiger partial charge in [0.05, 0.1) is 11.9 Å². The number of hydrogen-bond donors (Lipinski definition) is 0. The second-order valence-corrected chi connectivity index (χ2v) is 5.64. The lowest BCUT2D eigenvalue weighted by Gasteiger charge is -2.17. The number of nitrogens with zero attached hydrogens (tertiary/aromatic N) is 3. The molecule has 0 spiro atoms. The fourth-order valence-corrected chi connectivity index (χ4v) is 2.91. The van der Waals surface area contributed by atoms with E-state index < -0.39 is 0 Å². The van der Waals surface area contributed by atoms with Gasteiger partial charge in [-0.25, -0.2) is 4.98 Å².